The highest BCUT2D eigenvalue weighted by Gasteiger charge is 2.41. The highest BCUT2D eigenvalue weighted by Crippen LogP contribution is 2.32. The maximum atomic E-state index is 12.9. The molecular formula is C19H17N3O3. The Morgan fingerprint density at radius 1 is 1.12 bits per heavy atom. The van der Waals surface area contributed by atoms with E-state index in [0.717, 1.165) is 11.0 Å². The van der Waals surface area contributed by atoms with Gasteiger partial charge >= 0.3 is 0 Å². The van der Waals surface area contributed by atoms with Crippen molar-refractivity contribution < 1.29 is 14.3 Å². The molecule has 0 saturated carbocycles. The number of nitrogens with zero attached hydrogens (tertiary/aromatic N) is 3. The van der Waals surface area contributed by atoms with Gasteiger partial charge in [-0.15, -0.1) is 0 Å². The average molecular weight is 335 g/mol. The van der Waals surface area contributed by atoms with Crippen LogP contribution in [0.2, 0.25) is 0 Å². The van der Waals surface area contributed by atoms with Gasteiger partial charge in [0.1, 0.15) is 11.8 Å². The molecule has 0 spiro atoms. The van der Waals surface area contributed by atoms with Gasteiger partial charge in [-0.1, -0.05) is 12.1 Å². The molecule has 25 heavy (non-hydrogen) atoms. The number of hydrogen-bond donors (Lipinski definition) is 0. The number of aromatic nitrogens is 2. The third kappa shape index (κ3) is 2.55. The quantitative estimate of drug-likeness (QED) is 0.688. The first-order chi connectivity index (χ1) is 12.2. The second kappa shape index (κ2) is 6.05. The highest BCUT2D eigenvalue weighted by atomic mass is 16.5. The Morgan fingerprint density at radius 2 is 1.88 bits per heavy atom. The van der Waals surface area contributed by atoms with E-state index in [9.17, 15) is 9.59 Å². The number of benzene rings is 2. The van der Waals surface area contributed by atoms with E-state index in [4.69, 9.17) is 4.74 Å². The zero-order chi connectivity index (χ0) is 17.4. The Hall–Kier alpha value is -3.15. The van der Waals surface area contributed by atoms with E-state index in [1.165, 1.54) is 4.90 Å². The summed E-state index contributed by atoms with van der Waals surface area (Å²) in [6.07, 6.45) is 1.76. The van der Waals surface area contributed by atoms with E-state index in [-0.39, 0.29) is 18.2 Å². The van der Waals surface area contributed by atoms with E-state index < -0.39 is 6.04 Å². The molecule has 6 nitrogen and oxygen atoms in total. The Morgan fingerprint density at radius 3 is 2.64 bits per heavy atom. The minimum atomic E-state index is -0.563. The van der Waals surface area contributed by atoms with Crippen LogP contribution in [0.4, 0.5) is 5.69 Å². The van der Waals surface area contributed by atoms with Crippen LogP contribution >= 0.6 is 0 Å². The Kier molecular flexibility index (Phi) is 3.72. The Balaban J connectivity index is 1.66. The molecule has 2 heterocycles. The summed E-state index contributed by atoms with van der Waals surface area (Å²) < 4.78 is 7.19. The topological polar surface area (TPSA) is 64.4 Å². The van der Waals surface area contributed by atoms with Crippen LogP contribution in [-0.4, -0.2) is 28.0 Å². The molecular weight excluding hydrogens is 318 g/mol. The van der Waals surface area contributed by atoms with E-state index in [2.05, 4.69) is 4.98 Å². The van der Waals surface area contributed by atoms with Gasteiger partial charge in [-0.05, 0) is 43.3 Å². The second-order valence-corrected chi connectivity index (χ2v) is 5.85. The summed E-state index contributed by atoms with van der Waals surface area (Å²) in [7, 11) is 0. The first-order valence-electron chi connectivity index (χ1n) is 8.20. The predicted octanol–water partition coefficient (Wildman–Crippen LogP) is 2.94. The maximum Gasteiger partial charge on any atom is 0.257 e. The fourth-order valence-corrected chi connectivity index (χ4v) is 3.19. The summed E-state index contributed by atoms with van der Waals surface area (Å²) in [6, 6.07) is 14.0. The van der Waals surface area contributed by atoms with Gasteiger partial charge < -0.3 is 9.30 Å². The molecule has 1 aliphatic heterocycles. The van der Waals surface area contributed by atoms with Crippen LogP contribution < -0.4 is 9.64 Å². The summed E-state index contributed by atoms with van der Waals surface area (Å²) >= 11 is 0. The van der Waals surface area contributed by atoms with Gasteiger partial charge in [-0.25, -0.2) is 9.88 Å². The van der Waals surface area contributed by atoms with E-state index in [1.54, 1.807) is 35.2 Å². The maximum absolute atomic E-state index is 12.9. The summed E-state index contributed by atoms with van der Waals surface area (Å²) in [5, 5.41) is 0. The zero-order valence-electron chi connectivity index (χ0n) is 13.8. The third-order valence-corrected chi connectivity index (χ3v) is 4.35. The van der Waals surface area contributed by atoms with Crippen molar-refractivity contribution in [2.75, 3.05) is 11.5 Å². The van der Waals surface area contributed by atoms with Crippen LogP contribution in [0.25, 0.3) is 11.0 Å². The molecule has 0 aliphatic carbocycles. The molecule has 0 radical (unpaired) electrons. The number of carbonyl (C=O) groups is 2. The van der Waals surface area contributed by atoms with Crippen molar-refractivity contribution in [1.29, 1.82) is 0 Å². The molecule has 1 aliphatic rings. The Labute approximate surface area is 144 Å². The first-order valence-corrected chi connectivity index (χ1v) is 8.20. The molecule has 1 atom stereocenters. The smallest absolute Gasteiger partial charge is 0.257 e. The predicted molar refractivity (Wildman–Crippen MR) is 93.5 cm³/mol. The number of carbonyl (C=O) groups excluding carboxylic acids is 2. The summed E-state index contributed by atoms with van der Waals surface area (Å²) in [5.74, 6) is 0.261. The van der Waals surface area contributed by atoms with Crippen molar-refractivity contribution in [1.82, 2.24) is 9.55 Å². The SMILES string of the molecule is CCOc1ccc(N2C(=O)C[C@@H](n3cnc4ccccc43)C2=O)cc1. The van der Waals surface area contributed by atoms with Crippen LogP contribution in [0.15, 0.2) is 54.9 Å². The lowest BCUT2D eigenvalue weighted by Crippen LogP contribution is -2.31. The standard InChI is InChI=1S/C19H17N3O3/c1-2-25-14-9-7-13(8-10-14)22-18(23)11-17(19(22)24)21-12-20-15-5-3-4-6-16(15)21/h3-10,12,17H,2,11H2,1H3/t17-/m1/s1. The average Bonchev–Trinajstić information content (AvgIpc) is 3.17. The minimum absolute atomic E-state index is 0.131. The van der Waals surface area contributed by atoms with Crippen LogP contribution in [0.1, 0.15) is 19.4 Å². The third-order valence-electron chi connectivity index (χ3n) is 4.35. The number of anilines is 1. The highest BCUT2D eigenvalue weighted by molar-refractivity contribution is 6.21. The summed E-state index contributed by atoms with van der Waals surface area (Å²) in [4.78, 5) is 30.9. The number of hydrogen-bond acceptors (Lipinski definition) is 4. The molecule has 6 heteroatoms. The van der Waals surface area contributed by atoms with Gasteiger partial charge in [0, 0.05) is 0 Å². The molecule has 0 bridgehead atoms. The normalized spacial score (nSPS) is 17.5. The number of rotatable bonds is 4. The van der Waals surface area contributed by atoms with Crippen molar-refractivity contribution in [2.45, 2.75) is 19.4 Å². The van der Waals surface area contributed by atoms with E-state index in [0.29, 0.717) is 18.0 Å². The minimum Gasteiger partial charge on any atom is -0.494 e. The molecule has 0 N–H and O–H groups in total. The fraction of sp³-hybridized carbons (Fsp3) is 0.211. The lowest BCUT2D eigenvalue weighted by molar-refractivity contribution is -0.122. The zero-order valence-corrected chi connectivity index (χ0v) is 13.8. The van der Waals surface area contributed by atoms with Crippen molar-refractivity contribution in [3.8, 4) is 5.75 Å². The molecule has 2 amide bonds. The van der Waals surface area contributed by atoms with E-state index in [1.807, 2.05) is 31.2 Å². The van der Waals surface area contributed by atoms with Gasteiger partial charge in [-0.3, -0.25) is 9.59 Å². The summed E-state index contributed by atoms with van der Waals surface area (Å²) in [5.41, 5.74) is 2.22. The molecule has 126 valence electrons. The molecule has 0 unspecified atom stereocenters. The van der Waals surface area contributed by atoms with Crippen LogP contribution in [0, 0.1) is 0 Å². The van der Waals surface area contributed by atoms with Crippen LogP contribution in [0.5, 0.6) is 5.75 Å². The number of imidazole rings is 1. The van der Waals surface area contributed by atoms with E-state index >= 15 is 0 Å². The lowest BCUT2D eigenvalue weighted by Gasteiger charge is -2.16. The van der Waals surface area contributed by atoms with Gasteiger partial charge in [0.05, 0.1) is 36.1 Å². The monoisotopic (exact) mass is 335 g/mol. The lowest BCUT2D eigenvalue weighted by atomic mass is 10.2. The molecule has 1 saturated heterocycles. The fourth-order valence-electron chi connectivity index (χ4n) is 3.19. The van der Waals surface area contributed by atoms with Gasteiger partial charge in [-0.2, -0.15) is 0 Å². The number of amides is 2. The number of fused-ring (bicyclic) bond motifs is 1. The van der Waals surface area contributed by atoms with Crippen molar-refractivity contribution in [3.05, 3.63) is 54.9 Å². The van der Waals surface area contributed by atoms with Gasteiger partial charge in [0.15, 0.2) is 0 Å². The van der Waals surface area contributed by atoms with Crippen molar-refractivity contribution >= 4 is 28.5 Å². The summed E-state index contributed by atoms with van der Waals surface area (Å²) in [6.45, 7) is 2.47. The largest absolute Gasteiger partial charge is 0.494 e. The molecule has 1 fully saturated rings. The van der Waals surface area contributed by atoms with Crippen molar-refractivity contribution in [3.63, 3.8) is 0 Å². The number of imide groups is 1. The number of ether oxygens (including phenoxy) is 1. The van der Waals surface area contributed by atoms with Crippen LogP contribution in [-0.2, 0) is 9.59 Å². The van der Waals surface area contributed by atoms with Crippen molar-refractivity contribution in [2.24, 2.45) is 0 Å². The number of para-hydroxylation sites is 2. The Bertz CT molecular complexity index is 946. The molecule has 4 rings (SSSR count). The molecule has 3 aromatic rings. The second-order valence-electron chi connectivity index (χ2n) is 5.85. The molecule has 2 aromatic carbocycles. The molecule has 1 aromatic heterocycles. The van der Waals surface area contributed by atoms with Crippen LogP contribution in [0.3, 0.4) is 0 Å². The van der Waals surface area contributed by atoms with Gasteiger partial charge in [0.25, 0.3) is 5.91 Å². The van der Waals surface area contributed by atoms with Gasteiger partial charge in [0.2, 0.25) is 5.91 Å². The first kappa shape index (κ1) is 15.4.